The van der Waals surface area contributed by atoms with E-state index in [1.807, 2.05) is 6.07 Å². The standard InChI is InChI=1S/C22H19N/c23-22-15-20-8-4-3-7-19(20)14-21(22)12-10-16-9-11-17-5-1-2-6-18(17)13-16/h1-12,14-15,18H,13,23H2/b12-10-. The smallest absolute Gasteiger partial charge is 0.0394 e. The molecule has 2 aromatic rings. The molecular formula is C22H19N. The molecule has 0 saturated carbocycles. The van der Waals surface area contributed by atoms with Gasteiger partial charge in [-0.25, -0.2) is 0 Å². The van der Waals surface area contributed by atoms with Gasteiger partial charge >= 0.3 is 0 Å². The second kappa shape index (κ2) is 5.77. The summed E-state index contributed by atoms with van der Waals surface area (Å²) < 4.78 is 0. The number of hydrogen-bond acceptors (Lipinski definition) is 1. The average molecular weight is 297 g/mol. The minimum atomic E-state index is 0.513. The summed E-state index contributed by atoms with van der Waals surface area (Å²) in [6, 6.07) is 12.5. The van der Waals surface area contributed by atoms with Crippen molar-refractivity contribution in [1.29, 1.82) is 0 Å². The van der Waals surface area contributed by atoms with Gasteiger partial charge in [0.25, 0.3) is 0 Å². The molecule has 2 N–H and O–H groups in total. The predicted molar refractivity (Wildman–Crippen MR) is 99.9 cm³/mol. The zero-order chi connectivity index (χ0) is 15.6. The Balaban J connectivity index is 1.63. The topological polar surface area (TPSA) is 26.0 Å². The molecule has 0 heterocycles. The lowest BCUT2D eigenvalue weighted by Crippen LogP contribution is -2.06. The van der Waals surface area contributed by atoms with Crippen LogP contribution < -0.4 is 5.73 Å². The van der Waals surface area contributed by atoms with Crippen LogP contribution in [0.1, 0.15) is 12.0 Å². The lowest BCUT2D eigenvalue weighted by atomic mass is 9.84. The molecule has 0 aromatic heterocycles. The maximum Gasteiger partial charge on any atom is 0.0394 e. The molecule has 23 heavy (non-hydrogen) atoms. The van der Waals surface area contributed by atoms with Gasteiger partial charge in [0.1, 0.15) is 0 Å². The largest absolute Gasteiger partial charge is 0.398 e. The summed E-state index contributed by atoms with van der Waals surface area (Å²) in [5, 5.41) is 2.41. The molecule has 1 unspecified atom stereocenters. The third kappa shape index (κ3) is 2.78. The first kappa shape index (κ1) is 13.8. The third-order valence-corrected chi connectivity index (χ3v) is 4.55. The van der Waals surface area contributed by atoms with Crippen LogP contribution in [0.15, 0.2) is 90.1 Å². The second-order valence-corrected chi connectivity index (χ2v) is 6.12. The lowest BCUT2D eigenvalue weighted by Gasteiger charge is -2.20. The van der Waals surface area contributed by atoms with E-state index in [0.717, 1.165) is 17.7 Å². The van der Waals surface area contributed by atoms with E-state index >= 15 is 0 Å². The molecule has 0 radical (unpaired) electrons. The van der Waals surface area contributed by atoms with Crippen molar-refractivity contribution in [2.24, 2.45) is 5.92 Å². The highest BCUT2D eigenvalue weighted by molar-refractivity contribution is 5.89. The van der Waals surface area contributed by atoms with Crippen molar-refractivity contribution in [2.75, 3.05) is 5.73 Å². The number of allylic oxidation sites excluding steroid dienone is 9. The van der Waals surface area contributed by atoms with Crippen molar-refractivity contribution in [1.82, 2.24) is 0 Å². The Morgan fingerprint density at radius 3 is 2.65 bits per heavy atom. The fourth-order valence-electron chi connectivity index (χ4n) is 3.23. The monoisotopic (exact) mass is 297 g/mol. The quantitative estimate of drug-likeness (QED) is 0.734. The Hall–Kier alpha value is -2.80. The summed E-state index contributed by atoms with van der Waals surface area (Å²) in [6.45, 7) is 0. The molecule has 2 aliphatic rings. The van der Waals surface area contributed by atoms with E-state index in [4.69, 9.17) is 5.73 Å². The molecule has 0 aliphatic heterocycles. The Morgan fingerprint density at radius 1 is 0.957 bits per heavy atom. The van der Waals surface area contributed by atoms with Crippen LogP contribution in [0.2, 0.25) is 0 Å². The summed E-state index contributed by atoms with van der Waals surface area (Å²) in [7, 11) is 0. The maximum atomic E-state index is 6.21. The van der Waals surface area contributed by atoms with Crippen LogP contribution in [-0.4, -0.2) is 0 Å². The molecule has 1 heteroatoms. The first-order valence-corrected chi connectivity index (χ1v) is 8.01. The summed E-state index contributed by atoms with van der Waals surface area (Å²) in [5.74, 6) is 0.513. The Labute approximate surface area is 136 Å². The van der Waals surface area contributed by atoms with E-state index < -0.39 is 0 Å². The van der Waals surface area contributed by atoms with Gasteiger partial charge in [-0.3, -0.25) is 0 Å². The van der Waals surface area contributed by atoms with Gasteiger partial charge < -0.3 is 5.73 Å². The van der Waals surface area contributed by atoms with Crippen molar-refractivity contribution < 1.29 is 0 Å². The molecule has 0 bridgehead atoms. The first-order valence-electron chi connectivity index (χ1n) is 8.01. The van der Waals surface area contributed by atoms with Gasteiger partial charge in [0.15, 0.2) is 0 Å². The van der Waals surface area contributed by atoms with E-state index in [2.05, 4.69) is 78.9 Å². The number of fused-ring (bicyclic) bond motifs is 2. The highest BCUT2D eigenvalue weighted by Crippen LogP contribution is 2.31. The fourth-order valence-corrected chi connectivity index (χ4v) is 3.23. The van der Waals surface area contributed by atoms with E-state index in [0.29, 0.717) is 5.92 Å². The fraction of sp³-hybridized carbons (Fsp3) is 0.0909. The van der Waals surface area contributed by atoms with Gasteiger partial charge in [-0.15, -0.1) is 0 Å². The second-order valence-electron chi connectivity index (χ2n) is 6.12. The van der Waals surface area contributed by atoms with Gasteiger partial charge in [-0.2, -0.15) is 0 Å². The van der Waals surface area contributed by atoms with Gasteiger partial charge in [-0.1, -0.05) is 72.9 Å². The highest BCUT2D eigenvalue weighted by atomic mass is 14.6. The first-order chi connectivity index (χ1) is 11.3. The molecule has 0 spiro atoms. The van der Waals surface area contributed by atoms with Crippen LogP contribution in [0, 0.1) is 5.92 Å². The van der Waals surface area contributed by atoms with Gasteiger partial charge in [0.2, 0.25) is 0 Å². The summed E-state index contributed by atoms with van der Waals surface area (Å²) in [5.41, 5.74) is 10.9. The number of benzene rings is 2. The summed E-state index contributed by atoms with van der Waals surface area (Å²) >= 11 is 0. The maximum absolute atomic E-state index is 6.21. The predicted octanol–water partition coefficient (Wildman–Crippen LogP) is 5.43. The van der Waals surface area contributed by atoms with E-state index in [1.54, 1.807) is 0 Å². The van der Waals surface area contributed by atoms with Crippen molar-refractivity contribution in [3.63, 3.8) is 0 Å². The average Bonchev–Trinajstić information content (AvgIpc) is 2.59. The molecule has 2 aromatic carbocycles. The Kier molecular flexibility index (Phi) is 3.47. The molecule has 0 saturated heterocycles. The summed E-state index contributed by atoms with van der Waals surface area (Å²) in [4.78, 5) is 0. The molecule has 2 aliphatic carbocycles. The number of rotatable bonds is 2. The van der Waals surface area contributed by atoms with E-state index in [-0.39, 0.29) is 0 Å². The minimum absolute atomic E-state index is 0.513. The number of anilines is 1. The molecule has 1 atom stereocenters. The molecule has 0 amide bonds. The van der Waals surface area contributed by atoms with Crippen molar-refractivity contribution >= 4 is 22.5 Å². The van der Waals surface area contributed by atoms with Crippen molar-refractivity contribution in [3.8, 4) is 0 Å². The molecule has 1 nitrogen and oxygen atoms in total. The lowest BCUT2D eigenvalue weighted by molar-refractivity contribution is 0.759. The van der Waals surface area contributed by atoms with Gasteiger partial charge in [0, 0.05) is 11.6 Å². The van der Waals surface area contributed by atoms with E-state index in [1.165, 1.54) is 21.9 Å². The highest BCUT2D eigenvalue weighted by Gasteiger charge is 2.15. The molecule has 0 fully saturated rings. The zero-order valence-corrected chi connectivity index (χ0v) is 12.9. The number of nitrogen functional groups attached to an aromatic ring is 1. The van der Waals surface area contributed by atoms with Crippen LogP contribution in [0.25, 0.3) is 16.8 Å². The van der Waals surface area contributed by atoms with Crippen LogP contribution in [0.5, 0.6) is 0 Å². The molecule has 4 rings (SSSR count). The van der Waals surface area contributed by atoms with Crippen molar-refractivity contribution in [2.45, 2.75) is 6.42 Å². The number of nitrogens with two attached hydrogens (primary N) is 1. The third-order valence-electron chi connectivity index (χ3n) is 4.55. The van der Waals surface area contributed by atoms with Gasteiger partial charge in [0.05, 0.1) is 0 Å². The van der Waals surface area contributed by atoms with Crippen LogP contribution in [0.4, 0.5) is 5.69 Å². The minimum Gasteiger partial charge on any atom is -0.398 e. The van der Waals surface area contributed by atoms with Gasteiger partial charge in [-0.05, 0) is 46.0 Å². The summed E-state index contributed by atoms with van der Waals surface area (Å²) in [6.07, 6.45) is 18.5. The van der Waals surface area contributed by atoms with Crippen LogP contribution >= 0.6 is 0 Å². The Bertz CT molecular complexity index is 907. The van der Waals surface area contributed by atoms with Crippen LogP contribution in [0.3, 0.4) is 0 Å². The molecular weight excluding hydrogens is 278 g/mol. The normalized spacial score (nSPS) is 19.7. The SMILES string of the molecule is Nc1cc2ccccc2cc1/C=C\C1=CC=C2C=CC=CC2C1. The van der Waals surface area contributed by atoms with Crippen molar-refractivity contribution in [3.05, 3.63) is 95.6 Å². The Morgan fingerprint density at radius 2 is 1.78 bits per heavy atom. The van der Waals surface area contributed by atoms with E-state index in [9.17, 15) is 0 Å². The zero-order valence-electron chi connectivity index (χ0n) is 12.9. The van der Waals surface area contributed by atoms with Crippen LogP contribution in [-0.2, 0) is 0 Å². The number of hydrogen-bond donors (Lipinski definition) is 1. The molecule has 112 valence electrons.